The van der Waals surface area contributed by atoms with E-state index in [0.29, 0.717) is 5.92 Å². The lowest BCUT2D eigenvalue weighted by molar-refractivity contribution is -0.0332. The van der Waals surface area contributed by atoms with Crippen molar-refractivity contribution in [2.75, 3.05) is 0 Å². The number of halogens is 1. The summed E-state index contributed by atoms with van der Waals surface area (Å²) in [5.74, 6) is 0.161. The van der Waals surface area contributed by atoms with Crippen molar-refractivity contribution in [3.63, 3.8) is 0 Å². The molecule has 1 fully saturated rings. The molecule has 0 amide bonds. The molecule has 0 saturated heterocycles. The molecule has 34 heavy (non-hydrogen) atoms. The summed E-state index contributed by atoms with van der Waals surface area (Å²) in [7, 11) is 0. The summed E-state index contributed by atoms with van der Waals surface area (Å²) in [5.41, 5.74) is 5.15. The van der Waals surface area contributed by atoms with E-state index in [1.807, 2.05) is 30.1 Å². The molecule has 2 aliphatic rings. The van der Waals surface area contributed by atoms with E-state index in [9.17, 15) is 9.50 Å². The number of nitrogens with zero attached hydrogens (tertiary/aromatic N) is 3. The fraction of sp³-hybridized carbons (Fsp3) is 0.379. The van der Waals surface area contributed by atoms with Crippen LogP contribution >= 0.6 is 0 Å². The van der Waals surface area contributed by atoms with Crippen molar-refractivity contribution in [1.82, 2.24) is 14.8 Å². The van der Waals surface area contributed by atoms with E-state index in [-0.39, 0.29) is 11.2 Å². The molecule has 2 aromatic carbocycles. The molecular formula is C29H30FN3O. The van der Waals surface area contributed by atoms with E-state index in [1.165, 1.54) is 23.3 Å². The minimum atomic E-state index is -0.611. The molecule has 3 atom stereocenters. The number of aromatic nitrogens is 3. The van der Waals surface area contributed by atoms with Gasteiger partial charge in [-0.1, -0.05) is 6.07 Å². The second-order valence-electron chi connectivity index (χ2n) is 10.5. The van der Waals surface area contributed by atoms with Gasteiger partial charge in [0.05, 0.1) is 23.0 Å². The van der Waals surface area contributed by atoms with Crippen molar-refractivity contribution in [2.45, 2.75) is 62.9 Å². The van der Waals surface area contributed by atoms with Gasteiger partial charge in [0.2, 0.25) is 0 Å². The number of fused-ring (bicyclic) bond motifs is 4. The second-order valence-corrected chi connectivity index (χ2v) is 10.5. The lowest BCUT2D eigenvalue weighted by atomic mass is 9.56. The summed E-state index contributed by atoms with van der Waals surface area (Å²) in [6.07, 6.45) is 10.5. The molecule has 0 spiro atoms. The molecule has 4 nitrogen and oxygen atoms in total. The second kappa shape index (κ2) is 8.02. The molecule has 6 rings (SSSR count). The Morgan fingerprint density at radius 3 is 2.76 bits per heavy atom. The van der Waals surface area contributed by atoms with Crippen LogP contribution in [0.2, 0.25) is 0 Å². The molecular weight excluding hydrogens is 425 g/mol. The lowest BCUT2D eigenvalue weighted by Crippen LogP contribution is -2.48. The highest BCUT2D eigenvalue weighted by Crippen LogP contribution is 2.53. The number of aliphatic hydroxyl groups is 1. The van der Waals surface area contributed by atoms with E-state index in [4.69, 9.17) is 4.98 Å². The highest BCUT2D eigenvalue weighted by molar-refractivity contribution is 5.82. The Balaban J connectivity index is 1.51. The molecule has 174 valence electrons. The van der Waals surface area contributed by atoms with Crippen LogP contribution in [0.1, 0.15) is 55.8 Å². The van der Waals surface area contributed by atoms with Crippen molar-refractivity contribution >= 4 is 10.9 Å². The molecule has 0 aliphatic heterocycles. The van der Waals surface area contributed by atoms with Crippen LogP contribution in [0.4, 0.5) is 4.39 Å². The summed E-state index contributed by atoms with van der Waals surface area (Å²) in [6, 6.07) is 17.3. The summed E-state index contributed by atoms with van der Waals surface area (Å²) in [6.45, 7) is 2.00. The molecule has 4 aromatic rings. The van der Waals surface area contributed by atoms with Crippen molar-refractivity contribution in [1.29, 1.82) is 0 Å². The fourth-order valence-electron chi connectivity index (χ4n) is 6.53. The van der Waals surface area contributed by atoms with E-state index >= 15 is 0 Å². The van der Waals surface area contributed by atoms with E-state index in [1.54, 1.807) is 12.1 Å². The topological polar surface area (TPSA) is 50.9 Å². The highest BCUT2D eigenvalue weighted by Gasteiger charge is 2.49. The van der Waals surface area contributed by atoms with Gasteiger partial charge in [-0.2, -0.15) is 5.10 Å². The summed E-state index contributed by atoms with van der Waals surface area (Å²) in [4.78, 5) is 4.70. The third-order valence-corrected chi connectivity index (χ3v) is 8.20. The molecule has 0 bridgehead atoms. The minimum Gasteiger partial charge on any atom is -0.390 e. The maximum atomic E-state index is 13.5. The van der Waals surface area contributed by atoms with E-state index in [2.05, 4.69) is 29.4 Å². The molecule has 0 unspecified atom stereocenters. The number of hydrogen-bond acceptors (Lipinski definition) is 3. The Morgan fingerprint density at radius 2 is 1.97 bits per heavy atom. The number of benzene rings is 2. The Bertz CT molecular complexity index is 1330. The van der Waals surface area contributed by atoms with Crippen LogP contribution in [0, 0.1) is 11.7 Å². The Labute approximate surface area is 199 Å². The van der Waals surface area contributed by atoms with Gasteiger partial charge < -0.3 is 5.11 Å². The number of rotatable bonds is 3. The number of hydrogen-bond donors (Lipinski definition) is 1. The maximum absolute atomic E-state index is 13.5. The summed E-state index contributed by atoms with van der Waals surface area (Å²) >= 11 is 0. The largest absolute Gasteiger partial charge is 0.390 e. The smallest absolute Gasteiger partial charge is 0.123 e. The first-order valence-electron chi connectivity index (χ1n) is 12.3. The molecule has 0 radical (unpaired) electrons. The number of pyridine rings is 1. The maximum Gasteiger partial charge on any atom is 0.123 e. The van der Waals surface area contributed by atoms with Crippen molar-refractivity contribution in [2.24, 2.45) is 5.92 Å². The molecule has 1 saturated carbocycles. The first-order valence-corrected chi connectivity index (χ1v) is 12.3. The van der Waals surface area contributed by atoms with Crippen LogP contribution < -0.4 is 0 Å². The van der Waals surface area contributed by atoms with Crippen LogP contribution in [-0.2, 0) is 18.3 Å². The fourth-order valence-corrected chi connectivity index (χ4v) is 6.53. The predicted octanol–water partition coefficient (Wildman–Crippen LogP) is 5.93. The molecule has 2 aliphatic carbocycles. The van der Waals surface area contributed by atoms with Gasteiger partial charge in [-0.3, -0.25) is 4.98 Å². The quantitative estimate of drug-likeness (QED) is 0.417. The van der Waals surface area contributed by atoms with Crippen LogP contribution in [0.15, 0.2) is 67.0 Å². The average Bonchev–Trinajstić information content (AvgIpc) is 3.18. The number of aryl methyl sites for hydroxylation is 1. The lowest BCUT2D eigenvalue weighted by Gasteiger charge is -2.49. The van der Waals surface area contributed by atoms with Gasteiger partial charge in [0.1, 0.15) is 5.82 Å². The van der Waals surface area contributed by atoms with Crippen LogP contribution in [0.5, 0.6) is 0 Å². The Hall–Kier alpha value is -3.05. The molecule has 5 heteroatoms. The standard InChI is InChI=1S/C29H30FN3O/c1-28(34)12-13-29(18-24-7-2-3-14-31-24)22(17-28)6-4-5-20-16-27-21(15-26(20)29)19-32-33(27)25-10-8-23(30)9-11-25/h2-3,7-11,14-16,19,22,34H,4-6,12-13,17-18H2,1H3/t22-,28+,29-/m0/s1. The first-order chi connectivity index (χ1) is 16.4. The Morgan fingerprint density at radius 1 is 1.12 bits per heavy atom. The van der Waals surface area contributed by atoms with Gasteiger partial charge in [0, 0.05) is 22.7 Å². The van der Waals surface area contributed by atoms with E-state index < -0.39 is 5.60 Å². The van der Waals surface area contributed by atoms with E-state index in [0.717, 1.165) is 67.2 Å². The summed E-state index contributed by atoms with van der Waals surface area (Å²) in [5, 5.41) is 16.8. The zero-order valence-corrected chi connectivity index (χ0v) is 19.5. The van der Waals surface area contributed by atoms with Gasteiger partial charge in [0.25, 0.3) is 0 Å². The van der Waals surface area contributed by atoms with Gasteiger partial charge in [-0.05, 0) is 117 Å². The minimum absolute atomic E-state index is 0.0470. The molecule has 2 heterocycles. The highest BCUT2D eigenvalue weighted by atomic mass is 19.1. The zero-order valence-electron chi connectivity index (χ0n) is 19.5. The summed E-state index contributed by atoms with van der Waals surface area (Å²) < 4.78 is 15.4. The third kappa shape index (κ3) is 3.63. The predicted molar refractivity (Wildman–Crippen MR) is 132 cm³/mol. The van der Waals surface area contributed by atoms with Gasteiger partial charge in [-0.15, -0.1) is 0 Å². The molecule has 2 aromatic heterocycles. The van der Waals surface area contributed by atoms with Gasteiger partial charge in [-0.25, -0.2) is 9.07 Å². The Kier molecular flexibility index (Phi) is 5.07. The normalized spacial score (nSPS) is 26.6. The zero-order chi connectivity index (χ0) is 23.3. The van der Waals surface area contributed by atoms with Crippen molar-refractivity contribution in [3.05, 3.63) is 89.6 Å². The van der Waals surface area contributed by atoms with Gasteiger partial charge in [0.15, 0.2) is 0 Å². The third-order valence-electron chi connectivity index (χ3n) is 8.20. The van der Waals surface area contributed by atoms with Crippen LogP contribution in [0.25, 0.3) is 16.6 Å². The van der Waals surface area contributed by atoms with Crippen molar-refractivity contribution in [3.8, 4) is 5.69 Å². The van der Waals surface area contributed by atoms with Crippen LogP contribution in [0.3, 0.4) is 0 Å². The average molecular weight is 456 g/mol. The van der Waals surface area contributed by atoms with Gasteiger partial charge >= 0.3 is 0 Å². The van der Waals surface area contributed by atoms with Crippen LogP contribution in [-0.4, -0.2) is 25.5 Å². The first kappa shape index (κ1) is 21.5. The monoisotopic (exact) mass is 455 g/mol. The molecule has 1 N–H and O–H groups in total. The van der Waals surface area contributed by atoms with Crippen molar-refractivity contribution < 1.29 is 9.50 Å². The SMILES string of the molecule is C[C@@]1(O)CC[C@@]2(Cc3ccccn3)c3cc4cnn(-c5ccc(F)cc5)c4cc3CCC[C@H]2C1.